The van der Waals surface area contributed by atoms with Crippen LogP contribution < -0.4 is 0 Å². The molecule has 0 aliphatic carbocycles. The Bertz CT molecular complexity index is 103. The average Bonchev–Trinajstić information content (AvgIpc) is 2.03. The van der Waals surface area contributed by atoms with Gasteiger partial charge in [0.1, 0.15) is 0 Å². The molecule has 4 nitrogen and oxygen atoms in total. The molecule has 0 aromatic rings. The van der Waals surface area contributed by atoms with Crippen molar-refractivity contribution in [1.82, 2.24) is 9.96 Å². The summed E-state index contributed by atoms with van der Waals surface area (Å²) in [5.41, 5.74) is 0. The molecule has 1 saturated heterocycles. The van der Waals surface area contributed by atoms with Gasteiger partial charge in [0.15, 0.2) is 0 Å². The molecule has 1 fully saturated rings. The first-order chi connectivity index (χ1) is 5.29. The first-order valence-corrected chi connectivity index (χ1v) is 3.99. The maximum Gasteiger partial charge on any atom is 0.0594 e. The van der Waals surface area contributed by atoms with Crippen LogP contribution in [0, 0.1) is 0 Å². The van der Waals surface area contributed by atoms with E-state index in [1.165, 1.54) is 5.06 Å². The SMILES string of the molecule is CN(O)CCN1CCOCC1. The Morgan fingerprint density at radius 2 is 2.09 bits per heavy atom. The fourth-order valence-corrected chi connectivity index (χ4v) is 1.11. The molecular weight excluding hydrogens is 144 g/mol. The van der Waals surface area contributed by atoms with E-state index >= 15 is 0 Å². The fourth-order valence-electron chi connectivity index (χ4n) is 1.11. The molecule has 1 aliphatic heterocycles. The van der Waals surface area contributed by atoms with Crippen LogP contribution in [0.15, 0.2) is 0 Å². The second-order valence-corrected chi connectivity index (χ2v) is 2.84. The standard InChI is InChI=1S/C7H16N2O2/c1-8(10)2-3-9-4-6-11-7-5-9/h10H,2-7H2,1H3. The molecule has 0 aromatic carbocycles. The van der Waals surface area contributed by atoms with Crippen LogP contribution >= 0.6 is 0 Å². The van der Waals surface area contributed by atoms with Crippen molar-refractivity contribution < 1.29 is 9.94 Å². The molecule has 1 rings (SSSR count). The Labute approximate surface area is 67.3 Å². The highest BCUT2D eigenvalue weighted by atomic mass is 16.5. The molecule has 0 unspecified atom stereocenters. The number of nitrogens with zero attached hydrogens (tertiary/aromatic N) is 2. The van der Waals surface area contributed by atoms with E-state index in [1.54, 1.807) is 7.05 Å². The molecule has 66 valence electrons. The molecule has 0 spiro atoms. The third-order valence-electron chi connectivity index (χ3n) is 1.84. The highest BCUT2D eigenvalue weighted by Gasteiger charge is 2.09. The fraction of sp³-hybridized carbons (Fsp3) is 1.00. The Hall–Kier alpha value is -0.160. The lowest BCUT2D eigenvalue weighted by molar-refractivity contribution is -0.0742. The van der Waals surface area contributed by atoms with Crippen molar-refractivity contribution in [3.05, 3.63) is 0 Å². The molecule has 11 heavy (non-hydrogen) atoms. The predicted molar refractivity (Wildman–Crippen MR) is 41.7 cm³/mol. The third-order valence-corrected chi connectivity index (χ3v) is 1.84. The molecule has 1 aliphatic rings. The van der Waals surface area contributed by atoms with Crippen LogP contribution in [0.1, 0.15) is 0 Å². The minimum atomic E-state index is 0.708. The summed E-state index contributed by atoms with van der Waals surface area (Å²) in [6.45, 7) is 5.28. The van der Waals surface area contributed by atoms with E-state index in [2.05, 4.69) is 4.90 Å². The number of hydrogen-bond acceptors (Lipinski definition) is 4. The lowest BCUT2D eigenvalue weighted by Crippen LogP contribution is -2.40. The smallest absolute Gasteiger partial charge is 0.0594 e. The van der Waals surface area contributed by atoms with Gasteiger partial charge in [0.05, 0.1) is 13.2 Å². The quantitative estimate of drug-likeness (QED) is 0.572. The summed E-state index contributed by atoms with van der Waals surface area (Å²) in [5.74, 6) is 0. The molecule has 0 bridgehead atoms. The molecule has 0 aromatic heterocycles. The summed E-state index contributed by atoms with van der Waals surface area (Å²) in [6.07, 6.45) is 0. The van der Waals surface area contributed by atoms with Crippen LogP contribution in [0.25, 0.3) is 0 Å². The number of ether oxygens (including phenoxy) is 1. The second-order valence-electron chi connectivity index (χ2n) is 2.84. The second kappa shape index (κ2) is 4.66. The zero-order valence-electron chi connectivity index (χ0n) is 6.99. The van der Waals surface area contributed by atoms with E-state index < -0.39 is 0 Å². The molecule has 1 N–H and O–H groups in total. The summed E-state index contributed by atoms with van der Waals surface area (Å²) in [4.78, 5) is 2.29. The zero-order valence-corrected chi connectivity index (χ0v) is 6.99. The van der Waals surface area contributed by atoms with Gasteiger partial charge in [0.25, 0.3) is 0 Å². The summed E-state index contributed by atoms with van der Waals surface area (Å²) in [7, 11) is 1.67. The lowest BCUT2D eigenvalue weighted by atomic mass is 10.4. The van der Waals surface area contributed by atoms with E-state index in [0.29, 0.717) is 6.54 Å². The zero-order chi connectivity index (χ0) is 8.10. The molecule has 0 radical (unpaired) electrons. The first kappa shape index (κ1) is 8.93. The number of likely N-dealkylation sites (N-methyl/N-ethyl adjacent to an activating group) is 1. The number of hydroxylamine groups is 2. The average molecular weight is 160 g/mol. The molecule has 0 saturated carbocycles. The molecule has 4 heteroatoms. The Kier molecular flexibility index (Phi) is 3.79. The van der Waals surface area contributed by atoms with Gasteiger partial charge in [0.2, 0.25) is 0 Å². The molecular formula is C7H16N2O2. The van der Waals surface area contributed by atoms with Crippen molar-refractivity contribution in [1.29, 1.82) is 0 Å². The van der Waals surface area contributed by atoms with Gasteiger partial charge in [-0.3, -0.25) is 4.90 Å². The van der Waals surface area contributed by atoms with Gasteiger partial charge in [-0.25, -0.2) is 0 Å². The van der Waals surface area contributed by atoms with E-state index in [-0.39, 0.29) is 0 Å². The van der Waals surface area contributed by atoms with Crippen LogP contribution in [0.3, 0.4) is 0 Å². The molecule has 0 amide bonds. The maximum absolute atomic E-state index is 8.86. The van der Waals surface area contributed by atoms with Gasteiger partial charge in [-0.2, -0.15) is 5.06 Å². The van der Waals surface area contributed by atoms with E-state index in [0.717, 1.165) is 32.8 Å². The van der Waals surface area contributed by atoms with Crippen LogP contribution in [-0.4, -0.2) is 61.6 Å². The van der Waals surface area contributed by atoms with Gasteiger partial charge < -0.3 is 9.94 Å². The normalized spacial score (nSPS) is 21.0. The predicted octanol–water partition coefficient (Wildman–Crippen LogP) is -0.360. The van der Waals surface area contributed by atoms with Crippen LogP contribution in [0.4, 0.5) is 0 Å². The van der Waals surface area contributed by atoms with Crippen molar-refractivity contribution in [3.63, 3.8) is 0 Å². The van der Waals surface area contributed by atoms with Crippen molar-refractivity contribution in [3.8, 4) is 0 Å². The van der Waals surface area contributed by atoms with E-state index in [9.17, 15) is 0 Å². The Morgan fingerprint density at radius 3 is 2.64 bits per heavy atom. The Balaban J connectivity index is 2.05. The minimum Gasteiger partial charge on any atom is -0.379 e. The highest BCUT2D eigenvalue weighted by molar-refractivity contribution is 4.61. The van der Waals surface area contributed by atoms with Crippen molar-refractivity contribution in [2.24, 2.45) is 0 Å². The number of rotatable bonds is 3. The summed E-state index contributed by atoms with van der Waals surface area (Å²) < 4.78 is 5.19. The largest absolute Gasteiger partial charge is 0.379 e. The van der Waals surface area contributed by atoms with Gasteiger partial charge in [-0.15, -0.1) is 0 Å². The van der Waals surface area contributed by atoms with E-state index in [4.69, 9.17) is 9.94 Å². The van der Waals surface area contributed by atoms with Crippen molar-refractivity contribution in [2.45, 2.75) is 0 Å². The summed E-state index contributed by atoms with van der Waals surface area (Å²) in [6, 6.07) is 0. The van der Waals surface area contributed by atoms with Crippen LogP contribution in [-0.2, 0) is 4.74 Å². The van der Waals surface area contributed by atoms with Crippen LogP contribution in [0.2, 0.25) is 0 Å². The van der Waals surface area contributed by atoms with Crippen molar-refractivity contribution >= 4 is 0 Å². The monoisotopic (exact) mass is 160 g/mol. The molecule has 0 atom stereocenters. The van der Waals surface area contributed by atoms with Gasteiger partial charge in [0, 0.05) is 33.2 Å². The lowest BCUT2D eigenvalue weighted by Gasteiger charge is -2.27. The topological polar surface area (TPSA) is 35.9 Å². The summed E-state index contributed by atoms with van der Waals surface area (Å²) >= 11 is 0. The molecule has 1 heterocycles. The minimum absolute atomic E-state index is 0.708. The highest BCUT2D eigenvalue weighted by Crippen LogP contribution is 1.95. The van der Waals surface area contributed by atoms with Gasteiger partial charge >= 0.3 is 0 Å². The van der Waals surface area contributed by atoms with Crippen LogP contribution in [0.5, 0.6) is 0 Å². The van der Waals surface area contributed by atoms with Gasteiger partial charge in [-0.1, -0.05) is 0 Å². The van der Waals surface area contributed by atoms with E-state index in [1.807, 2.05) is 0 Å². The number of morpholine rings is 1. The first-order valence-electron chi connectivity index (χ1n) is 3.99. The van der Waals surface area contributed by atoms with Gasteiger partial charge in [-0.05, 0) is 0 Å². The van der Waals surface area contributed by atoms with Crippen molar-refractivity contribution in [2.75, 3.05) is 46.4 Å². The summed E-state index contributed by atoms with van der Waals surface area (Å²) in [5, 5.41) is 10.1. The Morgan fingerprint density at radius 1 is 1.45 bits per heavy atom. The maximum atomic E-state index is 8.86. The number of hydrogen-bond donors (Lipinski definition) is 1. The third kappa shape index (κ3) is 3.67.